The molecule has 0 aliphatic carbocycles. The molecule has 0 fully saturated rings. The molecule has 106 valence electrons. The van der Waals surface area contributed by atoms with Gasteiger partial charge in [-0.25, -0.2) is 18.6 Å². The Bertz CT molecular complexity index is 341. The Hall–Kier alpha value is -0.800. The molecular weight excluding hydrogens is 264 g/mol. The van der Waals surface area contributed by atoms with Gasteiger partial charge in [0, 0.05) is 0 Å². The highest BCUT2D eigenvalue weighted by molar-refractivity contribution is 4.66. The first-order valence-electron chi connectivity index (χ1n) is 5.18. The highest BCUT2D eigenvalue weighted by Crippen LogP contribution is 2.10. The van der Waals surface area contributed by atoms with E-state index < -0.39 is 10.2 Å². The molecule has 0 aliphatic rings. The maximum Gasteiger partial charge on any atom is 0.245 e. The lowest BCUT2D eigenvalue weighted by molar-refractivity contribution is -2.00. The van der Waals surface area contributed by atoms with Crippen molar-refractivity contribution in [3.63, 3.8) is 0 Å². The molecule has 0 spiro atoms. The molecule has 0 atom stereocenters. The molecule has 0 aromatic carbocycles. The average molecular weight is 283 g/mol. The van der Waals surface area contributed by atoms with Crippen LogP contribution in [-0.2, 0) is 11.1 Å². The van der Waals surface area contributed by atoms with E-state index in [2.05, 4.69) is 52.0 Å². The molecule has 0 saturated heterocycles. The van der Waals surface area contributed by atoms with Gasteiger partial charge in [-0.3, -0.25) is 0 Å². The summed E-state index contributed by atoms with van der Waals surface area (Å²) in [6.07, 6.45) is 1.94. The van der Waals surface area contributed by atoms with Crippen LogP contribution in [0.4, 0.5) is 0 Å². The summed E-state index contributed by atoms with van der Waals surface area (Å²) in [6.45, 7) is 12.6. The summed E-state index contributed by atoms with van der Waals surface area (Å²) in [6, 6.07) is 0. The number of halogens is 1. The van der Waals surface area contributed by atoms with Crippen molar-refractivity contribution in [2.45, 2.75) is 52.6 Å². The van der Waals surface area contributed by atoms with Gasteiger partial charge in [-0.2, -0.15) is 0 Å². The quantitative estimate of drug-likeness (QED) is 0.451. The summed E-state index contributed by atoms with van der Waals surface area (Å²) in [7, 11) is -4.94. The lowest BCUT2D eigenvalue weighted by atomic mass is 10.1. The van der Waals surface area contributed by atoms with Gasteiger partial charge in [0.25, 0.3) is 0 Å². The van der Waals surface area contributed by atoms with E-state index in [4.69, 9.17) is 18.6 Å². The van der Waals surface area contributed by atoms with Crippen LogP contribution in [0, 0.1) is 10.2 Å². The van der Waals surface area contributed by atoms with Gasteiger partial charge in [0.2, 0.25) is 6.33 Å². The third-order valence-corrected chi connectivity index (χ3v) is 1.83. The van der Waals surface area contributed by atoms with Crippen LogP contribution in [0.2, 0.25) is 0 Å². The average Bonchev–Trinajstić information content (AvgIpc) is 2.43. The summed E-state index contributed by atoms with van der Waals surface area (Å²) >= 11 is 0. The number of hydrogen-bond acceptors (Lipinski definition) is 6. The lowest BCUT2D eigenvalue weighted by Gasteiger charge is -2.17. The van der Waals surface area contributed by atoms with Crippen molar-refractivity contribution in [3.8, 4) is 0 Å². The molecule has 8 nitrogen and oxygen atoms in total. The van der Waals surface area contributed by atoms with Gasteiger partial charge >= 0.3 is 0 Å². The first-order valence-corrected chi connectivity index (χ1v) is 6.42. The van der Waals surface area contributed by atoms with Crippen LogP contribution in [0.3, 0.4) is 0 Å². The van der Waals surface area contributed by atoms with Crippen LogP contribution in [0.25, 0.3) is 0 Å². The summed E-state index contributed by atoms with van der Waals surface area (Å²) in [5.41, 5.74) is 0.00694. The van der Waals surface area contributed by atoms with Gasteiger partial charge in [0.15, 0.2) is 5.21 Å². The van der Waals surface area contributed by atoms with Gasteiger partial charge in [-0.15, -0.1) is 14.9 Å². The zero-order valence-electron chi connectivity index (χ0n) is 11.4. The van der Waals surface area contributed by atoms with Crippen LogP contribution in [0.1, 0.15) is 41.5 Å². The van der Waals surface area contributed by atoms with Crippen LogP contribution in [0.15, 0.2) is 6.33 Å². The normalized spacial score (nSPS) is 13.0. The van der Waals surface area contributed by atoms with Crippen LogP contribution >= 0.6 is 0 Å². The Morgan fingerprint density at radius 2 is 1.39 bits per heavy atom. The molecule has 0 saturated carbocycles. The number of rotatable bonds is 0. The van der Waals surface area contributed by atoms with Gasteiger partial charge in [-0.05, 0) is 41.5 Å². The molecule has 0 bridgehead atoms. The summed E-state index contributed by atoms with van der Waals surface area (Å²) in [5, 5.41) is 8.17. The van der Waals surface area contributed by atoms with Crippen LogP contribution in [0.5, 0.6) is 0 Å². The van der Waals surface area contributed by atoms with Crippen molar-refractivity contribution in [2.24, 2.45) is 0 Å². The monoisotopic (exact) mass is 282 g/mol. The predicted molar refractivity (Wildman–Crippen MR) is 50.2 cm³/mol. The van der Waals surface area contributed by atoms with Crippen molar-refractivity contribution >= 4 is 0 Å². The summed E-state index contributed by atoms with van der Waals surface area (Å²) < 4.78 is 37.7. The molecule has 0 unspecified atom stereocenters. The Morgan fingerprint density at radius 1 is 1.00 bits per heavy atom. The van der Waals surface area contributed by atoms with E-state index in [1.807, 2.05) is 15.7 Å². The standard InChI is InChI=1S/C9H19N4.ClHO4/c1-8(2,3)12-7-13(11-10-12)9(4,5)6;2-1(3,4)5/h7H,1-6H3;(H,2,3,4,5)/q+1;/p-1. The third kappa shape index (κ3) is 7.51. The zero-order valence-corrected chi connectivity index (χ0v) is 12.1. The van der Waals surface area contributed by atoms with Crippen LogP contribution < -0.4 is 23.3 Å². The van der Waals surface area contributed by atoms with Crippen molar-refractivity contribution in [3.05, 3.63) is 6.33 Å². The maximum absolute atomic E-state index is 8.49. The molecule has 1 rings (SSSR count). The number of nitrogens with zero attached hydrogens (tertiary/aromatic N) is 4. The van der Waals surface area contributed by atoms with Gasteiger partial charge in [0.05, 0.1) is 0 Å². The topological polar surface area (TPSA) is 127 Å². The van der Waals surface area contributed by atoms with Crippen molar-refractivity contribution in [1.82, 2.24) is 15.1 Å². The molecular formula is C9H19ClN4O4. The minimum atomic E-state index is -4.94. The van der Waals surface area contributed by atoms with Crippen molar-refractivity contribution < 1.29 is 33.6 Å². The fraction of sp³-hybridized carbons (Fsp3) is 0.889. The van der Waals surface area contributed by atoms with E-state index in [0.717, 1.165) is 0 Å². The van der Waals surface area contributed by atoms with E-state index in [-0.39, 0.29) is 11.1 Å². The lowest BCUT2D eigenvalue weighted by Crippen LogP contribution is -2.68. The third-order valence-electron chi connectivity index (χ3n) is 1.83. The highest BCUT2D eigenvalue weighted by atomic mass is 35.7. The Kier molecular flexibility index (Phi) is 5.21. The fourth-order valence-electron chi connectivity index (χ4n) is 0.851. The minimum Gasteiger partial charge on any atom is -0.222 e. The van der Waals surface area contributed by atoms with Gasteiger partial charge < -0.3 is 0 Å². The molecule has 0 amide bonds. The van der Waals surface area contributed by atoms with Gasteiger partial charge in [0.1, 0.15) is 16.3 Å². The molecule has 1 aromatic rings. The SMILES string of the molecule is CC(C)(C)n1c[n+](C(C)(C)C)nn1.[O-][Cl+3]([O-])([O-])[O-]. The fourth-order valence-corrected chi connectivity index (χ4v) is 0.851. The minimum absolute atomic E-state index is 0.00347. The summed E-state index contributed by atoms with van der Waals surface area (Å²) in [5.74, 6) is 0. The van der Waals surface area contributed by atoms with Gasteiger partial charge in [-0.1, -0.05) is 4.68 Å². The Balaban J connectivity index is 0.000000494. The highest BCUT2D eigenvalue weighted by Gasteiger charge is 2.27. The largest absolute Gasteiger partial charge is 0.245 e. The molecule has 18 heavy (non-hydrogen) atoms. The smallest absolute Gasteiger partial charge is 0.222 e. The van der Waals surface area contributed by atoms with Crippen LogP contribution in [-0.4, -0.2) is 15.1 Å². The molecule has 0 radical (unpaired) electrons. The second kappa shape index (κ2) is 5.45. The summed E-state index contributed by atoms with van der Waals surface area (Å²) in [4.78, 5) is 0. The Labute approximate surface area is 108 Å². The molecule has 9 heteroatoms. The molecule has 0 aliphatic heterocycles. The molecule has 0 N–H and O–H groups in total. The number of hydrogen-bond donors (Lipinski definition) is 0. The van der Waals surface area contributed by atoms with Crippen molar-refractivity contribution in [2.75, 3.05) is 0 Å². The Morgan fingerprint density at radius 3 is 1.56 bits per heavy atom. The molecule has 1 heterocycles. The maximum atomic E-state index is 8.49. The second-order valence-corrected chi connectivity index (χ2v) is 6.46. The zero-order chi connectivity index (χ0) is 14.8. The first-order chi connectivity index (χ1) is 7.71. The van der Waals surface area contributed by atoms with E-state index in [1.165, 1.54) is 0 Å². The molecule has 1 aromatic heterocycles. The number of aromatic nitrogens is 4. The second-order valence-electron chi connectivity index (χ2n) is 5.70. The number of tetrazole rings is 1. The predicted octanol–water partition coefficient (Wildman–Crippen LogP) is -3.68. The van der Waals surface area contributed by atoms with E-state index in [9.17, 15) is 0 Å². The van der Waals surface area contributed by atoms with E-state index >= 15 is 0 Å². The first kappa shape index (κ1) is 17.2. The van der Waals surface area contributed by atoms with Crippen molar-refractivity contribution in [1.29, 1.82) is 0 Å². The van der Waals surface area contributed by atoms with E-state index in [1.54, 1.807) is 0 Å². The van der Waals surface area contributed by atoms with E-state index in [0.29, 0.717) is 0 Å².